The van der Waals surface area contributed by atoms with E-state index in [-0.39, 0.29) is 11.2 Å². The van der Waals surface area contributed by atoms with E-state index in [9.17, 15) is 9.59 Å². The van der Waals surface area contributed by atoms with Crippen molar-refractivity contribution in [1.29, 1.82) is 0 Å². The minimum absolute atomic E-state index is 0.357. The molecule has 6 nitrogen and oxygen atoms in total. The van der Waals surface area contributed by atoms with Gasteiger partial charge in [-0.05, 0) is 41.7 Å². The Balaban J connectivity index is 1.38. The highest BCUT2D eigenvalue weighted by atomic mass is 16.2. The zero-order valence-electron chi connectivity index (χ0n) is 21.4. The van der Waals surface area contributed by atoms with Gasteiger partial charge in [0.05, 0.1) is 22.9 Å². The van der Waals surface area contributed by atoms with Crippen molar-refractivity contribution < 1.29 is 0 Å². The fourth-order valence-electron chi connectivity index (χ4n) is 5.54. The number of aromatic nitrogens is 4. The lowest BCUT2D eigenvalue weighted by molar-refractivity contribution is 0.514. The van der Waals surface area contributed by atoms with Crippen molar-refractivity contribution in [1.82, 2.24) is 19.1 Å². The van der Waals surface area contributed by atoms with Crippen LogP contribution in [0.5, 0.6) is 0 Å². The number of fused-ring (bicyclic) bond motifs is 1. The van der Waals surface area contributed by atoms with Gasteiger partial charge >= 0.3 is 5.69 Å². The summed E-state index contributed by atoms with van der Waals surface area (Å²) in [6.45, 7) is 0.476. The number of H-pyrrole nitrogens is 1. The van der Waals surface area contributed by atoms with Crippen LogP contribution in [0.3, 0.4) is 0 Å². The lowest BCUT2D eigenvalue weighted by atomic mass is 9.77. The number of para-hydroxylation sites is 1. The number of rotatable bonds is 8. The second-order valence-electron chi connectivity index (χ2n) is 9.61. The Kier molecular flexibility index (Phi) is 6.51. The zero-order valence-corrected chi connectivity index (χ0v) is 21.4. The maximum atomic E-state index is 12.6. The fraction of sp³-hybridized carbons (Fsp3) is 0.121. The van der Waals surface area contributed by atoms with Crippen molar-refractivity contribution in [3.63, 3.8) is 0 Å². The molecule has 0 saturated heterocycles. The first kappa shape index (κ1) is 24.4. The molecule has 0 saturated carbocycles. The van der Waals surface area contributed by atoms with Gasteiger partial charge in [-0.25, -0.2) is 9.78 Å². The van der Waals surface area contributed by atoms with Crippen LogP contribution in [-0.2, 0) is 18.5 Å². The average Bonchev–Trinajstić information content (AvgIpc) is 3.46. The van der Waals surface area contributed by atoms with Crippen molar-refractivity contribution in [3.8, 4) is 0 Å². The summed E-state index contributed by atoms with van der Waals surface area (Å²) >= 11 is 0. The van der Waals surface area contributed by atoms with E-state index in [4.69, 9.17) is 4.98 Å². The van der Waals surface area contributed by atoms with E-state index in [1.807, 2.05) is 36.7 Å². The Morgan fingerprint density at radius 3 is 1.82 bits per heavy atom. The predicted octanol–water partition coefficient (Wildman–Crippen LogP) is 5.36. The first-order valence-electron chi connectivity index (χ1n) is 13.1. The molecule has 0 spiro atoms. The molecule has 192 valence electrons. The minimum atomic E-state index is -0.610. The highest BCUT2D eigenvalue weighted by Gasteiger charge is 2.38. The normalized spacial score (nSPS) is 11.6. The summed E-state index contributed by atoms with van der Waals surface area (Å²) in [4.78, 5) is 32.1. The third-order valence-electron chi connectivity index (χ3n) is 7.32. The van der Waals surface area contributed by atoms with E-state index < -0.39 is 5.54 Å². The van der Waals surface area contributed by atoms with Crippen LogP contribution < -0.4 is 11.2 Å². The number of hydrogen-bond donors (Lipinski definition) is 1. The number of hydrogen-bond acceptors (Lipinski definition) is 3. The number of aryl methyl sites for hydroxylation is 2. The predicted molar refractivity (Wildman–Crippen MR) is 154 cm³/mol. The molecule has 0 atom stereocenters. The number of nitrogens with one attached hydrogen (secondary N) is 1. The molecule has 6 heteroatoms. The molecule has 0 bridgehead atoms. The first-order chi connectivity index (χ1) is 19.2. The standard InChI is InChI=1S/C33H28N4O2/c38-31-29-20-10-11-21-30(29)37(32(39)35-31)22-12-19-28-23-36(24-34-28)33(25-13-4-1-5-14-25,26-15-6-2-7-16-26)27-17-8-3-9-18-27/h1-11,13-18,20-21,23-24H,12,19,22H2,(H,35,38,39). The molecular weight excluding hydrogens is 484 g/mol. The molecule has 4 aromatic carbocycles. The summed E-state index contributed by atoms with van der Waals surface area (Å²) < 4.78 is 3.83. The van der Waals surface area contributed by atoms with Crippen LogP contribution in [0.1, 0.15) is 28.8 Å². The van der Waals surface area contributed by atoms with Gasteiger partial charge in [0.1, 0.15) is 5.54 Å². The molecule has 6 rings (SSSR count). The summed E-state index contributed by atoms with van der Waals surface area (Å²) in [5.74, 6) is 0. The van der Waals surface area contributed by atoms with Crippen LogP contribution in [0.4, 0.5) is 0 Å². The monoisotopic (exact) mass is 512 g/mol. The molecule has 2 aromatic heterocycles. The zero-order chi connectivity index (χ0) is 26.7. The molecule has 0 aliphatic heterocycles. The van der Waals surface area contributed by atoms with Gasteiger partial charge in [-0.15, -0.1) is 0 Å². The van der Waals surface area contributed by atoms with Crippen LogP contribution >= 0.6 is 0 Å². The van der Waals surface area contributed by atoms with Gasteiger partial charge in [-0.1, -0.05) is 103 Å². The van der Waals surface area contributed by atoms with Crippen molar-refractivity contribution in [2.75, 3.05) is 0 Å². The SMILES string of the molecule is O=c1[nH]c(=O)n(CCCc2cn(C(c3ccccc3)(c3ccccc3)c3ccccc3)cn2)c2ccccc12. The van der Waals surface area contributed by atoms with Crippen molar-refractivity contribution in [3.05, 3.63) is 171 Å². The van der Waals surface area contributed by atoms with Gasteiger partial charge < -0.3 is 4.57 Å². The van der Waals surface area contributed by atoms with Gasteiger partial charge in [-0.2, -0.15) is 0 Å². The van der Waals surface area contributed by atoms with E-state index in [0.717, 1.165) is 22.4 Å². The molecule has 6 aromatic rings. The molecular formula is C33H28N4O2. The van der Waals surface area contributed by atoms with Crippen LogP contribution in [0.2, 0.25) is 0 Å². The molecule has 39 heavy (non-hydrogen) atoms. The van der Waals surface area contributed by atoms with Gasteiger partial charge in [0.15, 0.2) is 0 Å². The number of imidazole rings is 1. The number of benzene rings is 4. The van der Waals surface area contributed by atoms with Gasteiger partial charge in [0.25, 0.3) is 5.56 Å². The number of aromatic amines is 1. The molecule has 0 amide bonds. The largest absolute Gasteiger partial charge is 0.328 e. The summed E-state index contributed by atoms with van der Waals surface area (Å²) in [6, 6.07) is 38.7. The smallest absolute Gasteiger partial charge is 0.319 e. The highest BCUT2D eigenvalue weighted by molar-refractivity contribution is 5.77. The lowest BCUT2D eigenvalue weighted by Crippen LogP contribution is -2.36. The van der Waals surface area contributed by atoms with Gasteiger partial charge in [0, 0.05) is 12.7 Å². The molecule has 0 radical (unpaired) electrons. The Hall–Kier alpha value is -4.97. The van der Waals surface area contributed by atoms with Gasteiger partial charge in [0.2, 0.25) is 0 Å². The van der Waals surface area contributed by atoms with Crippen LogP contribution in [0.25, 0.3) is 10.9 Å². The van der Waals surface area contributed by atoms with E-state index in [1.165, 1.54) is 0 Å². The minimum Gasteiger partial charge on any atom is -0.319 e. The van der Waals surface area contributed by atoms with Crippen molar-refractivity contribution >= 4 is 10.9 Å². The number of nitrogens with zero attached hydrogens (tertiary/aromatic N) is 3. The highest BCUT2D eigenvalue weighted by Crippen LogP contribution is 2.40. The summed E-state index contributed by atoms with van der Waals surface area (Å²) in [5.41, 5.74) is 3.64. The van der Waals surface area contributed by atoms with E-state index in [1.54, 1.807) is 16.7 Å². The second-order valence-corrected chi connectivity index (χ2v) is 9.61. The Labute approximate surface area is 225 Å². The van der Waals surface area contributed by atoms with E-state index >= 15 is 0 Å². The Morgan fingerprint density at radius 2 is 1.23 bits per heavy atom. The maximum Gasteiger partial charge on any atom is 0.328 e. The molecule has 0 aliphatic rings. The third-order valence-corrected chi connectivity index (χ3v) is 7.32. The van der Waals surface area contributed by atoms with Crippen LogP contribution in [0.15, 0.2) is 137 Å². The Bertz CT molecular complexity index is 1720. The topological polar surface area (TPSA) is 72.7 Å². The van der Waals surface area contributed by atoms with Crippen LogP contribution in [0, 0.1) is 0 Å². The summed E-state index contributed by atoms with van der Waals surface area (Å²) in [6.07, 6.45) is 5.40. The molecule has 0 unspecified atom stereocenters. The van der Waals surface area contributed by atoms with Gasteiger partial charge in [-0.3, -0.25) is 14.3 Å². The van der Waals surface area contributed by atoms with Crippen molar-refractivity contribution in [2.45, 2.75) is 24.9 Å². The molecule has 0 aliphatic carbocycles. The third kappa shape index (κ3) is 4.40. The second kappa shape index (κ2) is 10.4. The van der Waals surface area contributed by atoms with Crippen LogP contribution in [-0.4, -0.2) is 19.1 Å². The first-order valence-corrected chi connectivity index (χ1v) is 13.1. The molecule has 1 N–H and O–H groups in total. The summed E-state index contributed by atoms with van der Waals surface area (Å²) in [5, 5.41) is 0.514. The quantitative estimate of drug-likeness (QED) is 0.279. The Morgan fingerprint density at radius 1 is 0.692 bits per heavy atom. The maximum absolute atomic E-state index is 12.6. The average molecular weight is 513 g/mol. The molecule has 0 fully saturated rings. The van der Waals surface area contributed by atoms with Crippen molar-refractivity contribution in [2.24, 2.45) is 0 Å². The van der Waals surface area contributed by atoms with E-state index in [0.29, 0.717) is 30.3 Å². The molecule has 2 heterocycles. The van der Waals surface area contributed by atoms with E-state index in [2.05, 4.69) is 88.5 Å². The lowest BCUT2D eigenvalue weighted by Gasteiger charge is -2.37. The summed E-state index contributed by atoms with van der Waals surface area (Å²) in [7, 11) is 0. The fourth-order valence-corrected chi connectivity index (χ4v) is 5.54.